The highest BCUT2D eigenvalue weighted by Crippen LogP contribution is 2.32. The van der Waals surface area contributed by atoms with Crippen molar-refractivity contribution in [3.8, 4) is 0 Å². The predicted octanol–water partition coefficient (Wildman–Crippen LogP) is 1.85. The van der Waals surface area contributed by atoms with Crippen LogP contribution in [0.2, 0.25) is 0 Å². The maximum atomic E-state index is 12.1. The largest absolute Gasteiger partial charge is 0.394 e. The van der Waals surface area contributed by atoms with Crippen molar-refractivity contribution in [3.63, 3.8) is 0 Å². The summed E-state index contributed by atoms with van der Waals surface area (Å²) in [4.78, 5) is 24.2. The normalized spacial score (nSPS) is 19.5. The molecule has 1 aromatic carbocycles. The number of aliphatic hydroxyl groups excluding tert-OH is 1. The Hall–Kier alpha value is -1.92. The summed E-state index contributed by atoms with van der Waals surface area (Å²) in [6, 6.07) is 5.70. The van der Waals surface area contributed by atoms with Gasteiger partial charge < -0.3 is 19.7 Å². The summed E-state index contributed by atoms with van der Waals surface area (Å²) >= 11 is 0. The highest BCUT2D eigenvalue weighted by molar-refractivity contribution is 5.94. The predicted molar refractivity (Wildman–Crippen MR) is 76.9 cm³/mol. The minimum absolute atomic E-state index is 0.195. The van der Waals surface area contributed by atoms with Crippen LogP contribution in [0.5, 0.6) is 0 Å². The fraction of sp³-hybridized carbons (Fsp3) is 0.500. The second-order valence-corrected chi connectivity index (χ2v) is 5.36. The molecular weight excluding hydrogens is 288 g/mol. The molecule has 6 nitrogen and oxygen atoms in total. The fourth-order valence-electron chi connectivity index (χ4n) is 2.57. The number of fused-ring (bicyclic) bond motifs is 6. The third kappa shape index (κ3) is 3.13. The van der Waals surface area contributed by atoms with Gasteiger partial charge in [0.1, 0.15) is 0 Å². The van der Waals surface area contributed by atoms with E-state index in [2.05, 4.69) is 0 Å². The van der Waals surface area contributed by atoms with E-state index >= 15 is 0 Å². The molecule has 22 heavy (non-hydrogen) atoms. The standard InChI is InChI=1S/C16H20O6/c1-3-5-13(17)12(4-2)16(20)21-14(18)10-6-7-11(9-8-10)15(19)22-16/h6-9,12-13,17,20H,3-5H2,1-2H3. The molecule has 2 heterocycles. The van der Waals surface area contributed by atoms with Gasteiger partial charge in [0.15, 0.2) is 0 Å². The molecule has 0 aromatic heterocycles. The van der Waals surface area contributed by atoms with E-state index in [1.807, 2.05) is 6.92 Å². The van der Waals surface area contributed by atoms with Crippen molar-refractivity contribution in [1.29, 1.82) is 0 Å². The van der Waals surface area contributed by atoms with Crippen LogP contribution in [0, 0.1) is 5.92 Å². The average molecular weight is 308 g/mol. The Morgan fingerprint density at radius 1 is 1.05 bits per heavy atom. The number of carbonyl (C=O) groups is 2. The number of ether oxygens (including phenoxy) is 2. The van der Waals surface area contributed by atoms with Crippen molar-refractivity contribution < 1.29 is 29.3 Å². The first-order chi connectivity index (χ1) is 10.4. The van der Waals surface area contributed by atoms with Crippen LogP contribution in [0.25, 0.3) is 0 Å². The molecule has 0 radical (unpaired) electrons. The van der Waals surface area contributed by atoms with Crippen molar-refractivity contribution in [1.82, 2.24) is 0 Å². The number of hydrogen-bond acceptors (Lipinski definition) is 6. The second-order valence-electron chi connectivity index (χ2n) is 5.36. The number of esters is 2. The molecule has 0 spiro atoms. The van der Waals surface area contributed by atoms with Gasteiger partial charge in [-0.2, -0.15) is 0 Å². The van der Waals surface area contributed by atoms with Crippen molar-refractivity contribution in [2.75, 3.05) is 0 Å². The van der Waals surface area contributed by atoms with Crippen LogP contribution >= 0.6 is 0 Å². The molecule has 2 bridgehead atoms. The Balaban J connectivity index is 2.38. The van der Waals surface area contributed by atoms with Gasteiger partial charge in [-0.05, 0) is 37.1 Å². The number of hydrogen-bond donors (Lipinski definition) is 2. The molecule has 2 aliphatic heterocycles. The van der Waals surface area contributed by atoms with Crippen LogP contribution in [0.1, 0.15) is 53.8 Å². The van der Waals surface area contributed by atoms with Crippen molar-refractivity contribution in [2.45, 2.75) is 45.2 Å². The van der Waals surface area contributed by atoms with Gasteiger partial charge in [-0.15, -0.1) is 0 Å². The number of rotatable bonds is 5. The Kier molecular flexibility index (Phi) is 4.83. The van der Waals surface area contributed by atoms with Gasteiger partial charge in [-0.1, -0.05) is 20.3 Å². The fourth-order valence-corrected chi connectivity index (χ4v) is 2.57. The summed E-state index contributed by atoms with van der Waals surface area (Å²) < 4.78 is 10.1. The quantitative estimate of drug-likeness (QED) is 0.806. The molecule has 2 atom stereocenters. The summed E-state index contributed by atoms with van der Waals surface area (Å²) in [5, 5.41) is 20.8. The Labute approximate surface area is 128 Å². The zero-order valence-electron chi connectivity index (χ0n) is 12.6. The molecule has 2 N–H and O–H groups in total. The van der Waals surface area contributed by atoms with Gasteiger partial charge in [0, 0.05) is 0 Å². The summed E-state index contributed by atoms with van der Waals surface area (Å²) in [7, 11) is 0. The van der Waals surface area contributed by atoms with E-state index in [4.69, 9.17) is 9.47 Å². The molecular formula is C16H20O6. The van der Waals surface area contributed by atoms with Crippen LogP contribution in [-0.4, -0.2) is 34.2 Å². The zero-order valence-corrected chi connectivity index (χ0v) is 12.6. The summed E-state index contributed by atoms with van der Waals surface area (Å²) in [5.41, 5.74) is 0.389. The molecule has 6 heteroatoms. The molecule has 3 rings (SSSR count). The van der Waals surface area contributed by atoms with E-state index in [0.717, 1.165) is 0 Å². The summed E-state index contributed by atoms with van der Waals surface area (Å²) in [6.07, 6.45) is 0.367. The van der Waals surface area contributed by atoms with Gasteiger partial charge in [0.05, 0.1) is 23.1 Å². The highest BCUT2D eigenvalue weighted by atomic mass is 16.8. The highest BCUT2D eigenvalue weighted by Gasteiger charge is 2.48. The minimum Gasteiger partial charge on any atom is -0.394 e. The Bertz CT molecular complexity index is 513. The maximum absolute atomic E-state index is 12.1. The van der Waals surface area contributed by atoms with Crippen LogP contribution in [-0.2, 0) is 9.47 Å². The number of benzene rings is 1. The van der Waals surface area contributed by atoms with Crippen LogP contribution in [0.15, 0.2) is 24.3 Å². The van der Waals surface area contributed by atoms with Crippen molar-refractivity contribution in [3.05, 3.63) is 35.4 Å². The van der Waals surface area contributed by atoms with E-state index in [9.17, 15) is 19.8 Å². The smallest absolute Gasteiger partial charge is 0.379 e. The third-order valence-electron chi connectivity index (χ3n) is 3.79. The van der Waals surface area contributed by atoms with E-state index in [0.29, 0.717) is 12.8 Å². The van der Waals surface area contributed by atoms with E-state index in [1.54, 1.807) is 6.92 Å². The monoisotopic (exact) mass is 308 g/mol. The first kappa shape index (κ1) is 16.5. The first-order valence-electron chi connectivity index (χ1n) is 7.38. The SMILES string of the molecule is CCCC(O)C(CC)C1(O)OC(=O)c2ccc(cc2)C(=O)O1. The van der Waals surface area contributed by atoms with Crippen LogP contribution in [0.3, 0.4) is 0 Å². The van der Waals surface area contributed by atoms with Gasteiger partial charge >= 0.3 is 17.9 Å². The van der Waals surface area contributed by atoms with E-state index < -0.39 is 29.9 Å². The molecule has 1 aromatic rings. The summed E-state index contributed by atoms with van der Waals surface area (Å²) in [6.45, 7) is 3.59. The summed E-state index contributed by atoms with van der Waals surface area (Å²) in [5.74, 6) is -5.05. The molecule has 0 fully saturated rings. The van der Waals surface area contributed by atoms with Crippen LogP contribution < -0.4 is 0 Å². The topological polar surface area (TPSA) is 93.1 Å². The lowest BCUT2D eigenvalue weighted by Crippen LogP contribution is -2.50. The molecule has 0 saturated carbocycles. The van der Waals surface area contributed by atoms with Crippen molar-refractivity contribution in [2.24, 2.45) is 5.92 Å². The molecule has 2 unspecified atom stereocenters. The molecule has 2 aliphatic rings. The van der Waals surface area contributed by atoms with Gasteiger partial charge in [-0.3, -0.25) is 0 Å². The average Bonchev–Trinajstić information content (AvgIpc) is 2.53. The third-order valence-corrected chi connectivity index (χ3v) is 3.79. The molecule has 0 aliphatic carbocycles. The lowest BCUT2D eigenvalue weighted by atomic mass is 9.93. The molecule has 120 valence electrons. The lowest BCUT2D eigenvalue weighted by Gasteiger charge is -2.35. The van der Waals surface area contributed by atoms with Crippen LogP contribution in [0.4, 0.5) is 0 Å². The molecule has 0 amide bonds. The van der Waals surface area contributed by atoms with E-state index in [1.165, 1.54) is 24.3 Å². The van der Waals surface area contributed by atoms with Gasteiger partial charge in [0.2, 0.25) is 0 Å². The second kappa shape index (κ2) is 6.46. The number of carbonyl (C=O) groups excluding carboxylic acids is 2. The molecule has 0 saturated heterocycles. The van der Waals surface area contributed by atoms with E-state index in [-0.39, 0.29) is 17.5 Å². The lowest BCUT2D eigenvalue weighted by molar-refractivity contribution is -0.344. The number of aliphatic hydroxyl groups is 2. The Morgan fingerprint density at radius 2 is 1.50 bits per heavy atom. The first-order valence-corrected chi connectivity index (χ1v) is 7.38. The zero-order chi connectivity index (χ0) is 16.3. The Morgan fingerprint density at radius 3 is 1.86 bits per heavy atom. The minimum atomic E-state index is -2.49. The van der Waals surface area contributed by atoms with Crippen molar-refractivity contribution >= 4 is 11.9 Å². The maximum Gasteiger partial charge on any atom is 0.379 e. The van der Waals surface area contributed by atoms with Gasteiger partial charge in [-0.25, -0.2) is 9.59 Å². The van der Waals surface area contributed by atoms with Gasteiger partial charge in [0.25, 0.3) is 0 Å².